The smallest absolute Gasteiger partial charge is 0.416 e. The normalized spacial score (nSPS) is 16.5. The van der Waals surface area contributed by atoms with Crippen LogP contribution in [0.5, 0.6) is 0 Å². The standard InChI is InChI=1S/C23H31F4NO3/c1-2-3-4-5-6-7-8-9-13-31-22(30)20-11-10-12-28(20)21(29)17-14-18(23(25,26)27)16-19(24)15-17/h14-16,20H,2-13H2,1H3. The quantitative estimate of drug-likeness (QED) is 0.234. The van der Waals surface area contributed by atoms with Gasteiger partial charge in [0.05, 0.1) is 12.2 Å². The third-order valence-electron chi connectivity index (χ3n) is 5.50. The van der Waals surface area contributed by atoms with Crippen LogP contribution in [0.1, 0.15) is 87.1 Å². The molecule has 1 amide bonds. The van der Waals surface area contributed by atoms with Gasteiger partial charge in [-0.05, 0) is 37.5 Å². The summed E-state index contributed by atoms with van der Waals surface area (Å²) in [6, 6.07) is 0.876. The molecule has 2 rings (SSSR count). The maximum Gasteiger partial charge on any atom is 0.416 e. The number of alkyl halides is 3. The molecule has 1 fully saturated rings. The summed E-state index contributed by atoms with van der Waals surface area (Å²) in [5.74, 6) is -2.50. The molecule has 4 nitrogen and oxygen atoms in total. The zero-order valence-corrected chi connectivity index (χ0v) is 18.0. The number of unbranched alkanes of at least 4 members (excludes halogenated alkanes) is 7. The molecule has 1 heterocycles. The molecule has 1 unspecified atom stereocenters. The Morgan fingerprint density at radius 2 is 1.68 bits per heavy atom. The molecule has 0 radical (unpaired) electrons. The first-order valence-electron chi connectivity index (χ1n) is 11.1. The molecule has 0 aliphatic carbocycles. The van der Waals surface area contributed by atoms with Gasteiger partial charge in [0.2, 0.25) is 0 Å². The lowest BCUT2D eigenvalue weighted by molar-refractivity contribution is -0.148. The van der Waals surface area contributed by atoms with E-state index >= 15 is 0 Å². The van der Waals surface area contributed by atoms with Crippen LogP contribution in [-0.2, 0) is 15.7 Å². The Morgan fingerprint density at radius 1 is 1.03 bits per heavy atom. The number of carbonyl (C=O) groups is 2. The Kier molecular flexibility index (Phi) is 9.78. The van der Waals surface area contributed by atoms with Crippen LogP contribution in [0.15, 0.2) is 18.2 Å². The van der Waals surface area contributed by atoms with Gasteiger partial charge in [0.1, 0.15) is 11.9 Å². The lowest BCUT2D eigenvalue weighted by Gasteiger charge is -2.23. The molecule has 31 heavy (non-hydrogen) atoms. The van der Waals surface area contributed by atoms with Gasteiger partial charge in [-0.15, -0.1) is 0 Å². The van der Waals surface area contributed by atoms with Crippen molar-refractivity contribution in [2.24, 2.45) is 0 Å². The SMILES string of the molecule is CCCCCCCCCCOC(=O)C1CCCN1C(=O)c1cc(F)cc(C(F)(F)F)c1. The first-order chi connectivity index (χ1) is 14.7. The molecule has 1 atom stereocenters. The van der Waals surface area contributed by atoms with E-state index in [9.17, 15) is 27.2 Å². The van der Waals surface area contributed by atoms with Crippen molar-refractivity contribution < 1.29 is 31.9 Å². The second kappa shape index (κ2) is 12.1. The highest BCUT2D eigenvalue weighted by molar-refractivity contribution is 5.97. The highest BCUT2D eigenvalue weighted by Gasteiger charge is 2.37. The predicted molar refractivity (Wildman–Crippen MR) is 109 cm³/mol. The number of amides is 1. The maximum atomic E-state index is 13.7. The molecule has 174 valence electrons. The summed E-state index contributed by atoms with van der Waals surface area (Å²) >= 11 is 0. The summed E-state index contributed by atoms with van der Waals surface area (Å²) < 4.78 is 57.8. The van der Waals surface area contributed by atoms with E-state index in [2.05, 4.69) is 6.92 Å². The van der Waals surface area contributed by atoms with Gasteiger partial charge >= 0.3 is 12.1 Å². The minimum atomic E-state index is -4.77. The third-order valence-corrected chi connectivity index (χ3v) is 5.50. The first-order valence-corrected chi connectivity index (χ1v) is 11.1. The second-order valence-electron chi connectivity index (χ2n) is 8.03. The number of benzene rings is 1. The minimum Gasteiger partial charge on any atom is -0.464 e. The Hall–Kier alpha value is -2.12. The number of nitrogens with zero attached hydrogens (tertiary/aromatic N) is 1. The number of ether oxygens (including phenoxy) is 1. The van der Waals surface area contributed by atoms with E-state index in [1.807, 2.05) is 0 Å². The van der Waals surface area contributed by atoms with E-state index in [4.69, 9.17) is 4.74 Å². The number of hydrogen-bond acceptors (Lipinski definition) is 3. The van der Waals surface area contributed by atoms with Gasteiger partial charge in [-0.25, -0.2) is 9.18 Å². The Bertz CT molecular complexity index is 736. The van der Waals surface area contributed by atoms with Gasteiger partial charge < -0.3 is 9.64 Å². The highest BCUT2D eigenvalue weighted by Crippen LogP contribution is 2.31. The molecule has 0 spiro atoms. The number of halogens is 4. The monoisotopic (exact) mass is 445 g/mol. The lowest BCUT2D eigenvalue weighted by Crippen LogP contribution is -2.41. The van der Waals surface area contributed by atoms with E-state index < -0.39 is 41.0 Å². The van der Waals surface area contributed by atoms with Crippen LogP contribution in [-0.4, -0.2) is 36.0 Å². The van der Waals surface area contributed by atoms with Crippen LogP contribution in [0.3, 0.4) is 0 Å². The van der Waals surface area contributed by atoms with Crippen molar-refractivity contribution in [3.63, 3.8) is 0 Å². The molecular weight excluding hydrogens is 414 g/mol. The summed E-state index contributed by atoms with van der Waals surface area (Å²) in [4.78, 5) is 26.3. The first kappa shape index (κ1) is 25.1. The molecule has 1 saturated heterocycles. The second-order valence-corrected chi connectivity index (χ2v) is 8.03. The Labute approximate surface area is 180 Å². The molecule has 1 aromatic rings. The minimum absolute atomic E-state index is 0.216. The zero-order valence-electron chi connectivity index (χ0n) is 18.0. The number of esters is 1. The largest absolute Gasteiger partial charge is 0.464 e. The van der Waals surface area contributed by atoms with E-state index in [0.29, 0.717) is 25.0 Å². The van der Waals surface area contributed by atoms with Gasteiger partial charge in [-0.2, -0.15) is 13.2 Å². The van der Waals surface area contributed by atoms with Crippen LogP contribution in [0, 0.1) is 5.82 Å². The lowest BCUT2D eigenvalue weighted by atomic mass is 10.1. The maximum absolute atomic E-state index is 13.7. The van der Waals surface area contributed by atoms with Gasteiger partial charge in [0.15, 0.2) is 0 Å². The fourth-order valence-corrected chi connectivity index (χ4v) is 3.80. The van der Waals surface area contributed by atoms with E-state index in [0.717, 1.165) is 31.7 Å². The average Bonchev–Trinajstić information content (AvgIpc) is 3.20. The van der Waals surface area contributed by atoms with Crippen molar-refractivity contribution in [3.8, 4) is 0 Å². The molecule has 8 heteroatoms. The van der Waals surface area contributed by atoms with Gasteiger partial charge in [-0.3, -0.25) is 4.79 Å². The zero-order chi connectivity index (χ0) is 22.9. The van der Waals surface area contributed by atoms with Crippen molar-refractivity contribution in [2.75, 3.05) is 13.2 Å². The van der Waals surface area contributed by atoms with Crippen molar-refractivity contribution in [1.29, 1.82) is 0 Å². The molecule has 0 aromatic heterocycles. The van der Waals surface area contributed by atoms with E-state index in [1.165, 1.54) is 30.6 Å². The van der Waals surface area contributed by atoms with Crippen LogP contribution in [0.25, 0.3) is 0 Å². The Balaban J connectivity index is 1.85. The third kappa shape index (κ3) is 7.82. The summed E-state index contributed by atoms with van der Waals surface area (Å²) in [6.45, 7) is 2.64. The topological polar surface area (TPSA) is 46.6 Å². The number of carbonyl (C=O) groups excluding carboxylic acids is 2. The van der Waals surface area contributed by atoms with Crippen LogP contribution < -0.4 is 0 Å². The Morgan fingerprint density at radius 3 is 2.32 bits per heavy atom. The molecular formula is C23H31F4NO3. The highest BCUT2D eigenvalue weighted by atomic mass is 19.4. The fourth-order valence-electron chi connectivity index (χ4n) is 3.80. The fraction of sp³-hybridized carbons (Fsp3) is 0.652. The van der Waals surface area contributed by atoms with Crippen LogP contribution in [0.2, 0.25) is 0 Å². The van der Waals surface area contributed by atoms with E-state index in [-0.39, 0.29) is 13.2 Å². The summed E-state index contributed by atoms with van der Waals surface area (Å²) in [5, 5.41) is 0. The molecule has 0 saturated carbocycles. The van der Waals surface area contributed by atoms with Crippen molar-refractivity contribution in [2.45, 2.75) is 83.4 Å². The molecule has 0 bridgehead atoms. The summed E-state index contributed by atoms with van der Waals surface area (Å²) in [6.07, 6.45) is 4.99. The van der Waals surface area contributed by atoms with Crippen molar-refractivity contribution in [3.05, 3.63) is 35.1 Å². The number of rotatable bonds is 11. The molecule has 0 N–H and O–H groups in total. The number of hydrogen-bond donors (Lipinski definition) is 0. The van der Waals surface area contributed by atoms with Crippen LogP contribution >= 0.6 is 0 Å². The van der Waals surface area contributed by atoms with Crippen molar-refractivity contribution in [1.82, 2.24) is 4.90 Å². The predicted octanol–water partition coefficient (Wildman–Crippen LogP) is 6.13. The summed E-state index contributed by atoms with van der Waals surface area (Å²) in [5.41, 5.74) is -1.65. The van der Waals surface area contributed by atoms with Gasteiger partial charge in [0, 0.05) is 12.1 Å². The van der Waals surface area contributed by atoms with E-state index in [1.54, 1.807) is 0 Å². The molecule has 1 aliphatic rings. The van der Waals surface area contributed by atoms with Gasteiger partial charge in [-0.1, -0.05) is 51.9 Å². The van der Waals surface area contributed by atoms with Crippen molar-refractivity contribution >= 4 is 11.9 Å². The number of likely N-dealkylation sites (tertiary alicyclic amines) is 1. The van der Waals surface area contributed by atoms with Gasteiger partial charge in [0.25, 0.3) is 5.91 Å². The average molecular weight is 445 g/mol. The molecule has 1 aliphatic heterocycles. The summed E-state index contributed by atoms with van der Waals surface area (Å²) in [7, 11) is 0. The van der Waals surface area contributed by atoms with Crippen LogP contribution in [0.4, 0.5) is 17.6 Å². The molecule has 1 aromatic carbocycles.